The number of nitrogens with one attached hydrogen (secondary N) is 1. The van der Waals surface area contributed by atoms with Crippen LogP contribution in [0.15, 0.2) is 199 Å². The van der Waals surface area contributed by atoms with Crippen molar-refractivity contribution < 1.29 is 56.9 Å². The third-order valence-corrected chi connectivity index (χ3v) is 17.2. The van der Waals surface area contributed by atoms with Crippen molar-refractivity contribution >= 4 is 79.6 Å². The highest BCUT2D eigenvalue weighted by Crippen LogP contribution is 2.37. The summed E-state index contributed by atoms with van der Waals surface area (Å²) in [7, 11) is 0. The summed E-state index contributed by atoms with van der Waals surface area (Å²) in [6, 6.07) is 58.8. The van der Waals surface area contributed by atoms with Gasteiger partial charge in [0.05, 0.1) is 52.9 Å². The van der Waals surface area contributed by atoms with Crippen LogP contribution in [-0.4, -0.2) is 86.5 Å². The molecule has 8 rings (SSSR count). The van der Waals surface area contributed by atoms with E-state index in [0.717, 1.165) is 40.5 Å². The minimum Gasteiger partial charge on any atom is -0.454 e. The zero-order chi connectivity index (χ0) is 53.6. The molecule has 0 aliphatic carbocycles. The Labute approximate surface area is 491 Å². The van der Waals surface area contributed by atoms with Crippen LogP contribution in [0.3, 0.4) is 0 Å². The number of carbonyl (C=O) groups is 1. The molecule has 0 aromatic heterocycles. The first-order valence-electron chi connectivity index (χ1n) is 25.3. The van der Waals surface area contributed by atoms with Crippen LogP contribution in [0.4, 0.5) is 0 Å². The molecule has 0 radical (unpaired) electrons. The maximum Gasteiger partial charge on any atom is 0.303 e. The molecule has 2 saturated heterocycles. The number of allylic oxidation sites excluding steroid dienone is 2. The van der Waals surface area contributed by atoms with Gasteiger partial charge in [-0.3, -0.25) is 10.2 Å². The number of carbonyl (C=O) groups excluding carboxylic acids is 1. The van der Waals surface area contributed by atoms with Crippen LogP contribution in [0.25, 0.3) is 0 Å². The van der Waals surface area contributed by atoms with Crippen LogP contribution < -0.4 is 0 Å². The van der Waals surface area contributed by atoms with Gasteiger partial charge in [-0.05, 0) is 82.6 Å². The molecule has 2 fully saturated rings. The highest BCUT2D eigenvalue weighted by molar-refractivity contribution is 14.1. The van der Waals surface area contributed by atoms with Crippen molar-refractivity contribution in [2.75, 3.05) is 13.2 Å². The van der Waals surface area contributed by atoms with Gasteiger partial charge in [0.1, 0.15) is 36.6 Å². The summed E-state index contributed by atoms with van der Waals surface area (Å²) < 4.78 is 78.5. The van der Waals surface area contributed by atoms with Crippen molar-refractivity contribution in [2.45, 2.75) is 108 Å². The normalized spacial score (nSPS) is 23.7. The summed E-state index contributed by atoms with van der Waals surface area (Å²) in [5.74, 6) is -0.814. The zero-order valence-corrected chi connectivity index (χ0v) is 48.9. The van der Waals surface area contributed by atoms with Gasteiger partial charge in [0, 0.05) is 20.2 Å². The van der Waals surface area contributed by atoms with E-state index in [2.05, 4.69) is 67.8 Å². The highest BCUT2D eigenvalue weighted by atomic mass is 127. The number of benzene rings is 6. The Morgan fingerprint density at radius 2 is 0.792 bits per heavy atom. The minimum atomic E-state index is -1.39. The molecular formula is C61H62I3NO12. The predicted octanol–water partition coefficient (Wildman–Crippen LogP) is 12.6. The van der Waals surface area contributed by atoms with E-state index in [1.807, 2.05) is 186 Å². The highest BCUT2D eigenvalue weighted by Gasteiger charge is 2.56. The van der Waals surface area contributed by atoms with Gasteiger partial charge >= 0.3 is 5.97 Å². The van der Waals surface area contributed by atoms with Gasteiger partial charge in [-0.1, -0.05) is 205 Å². The van der Waals surface area contributed by atoms with E-state index in [0.29, 0.717) is 0 Å². The van der Waals surface area contributed by atoms with E-state index >= 15 is 0 Å². The van der Waals surface area contributed by atoms with Gasteiger partial charge in [-0.15, -0.1) is 0 Å². The fourth-order valence-electron chi connectivity index (χ4n) is 8.82. The molecule has 10 atom stereocenters. The Kier molecular flexibility index (Phi) is 23.9. The van der Waals surface area contributed by atoms with E-state index in [-0.39, 0.29) is 58.8 Å². The molecule has 77 heavy (non-hydrogen) atoms. The van der Waals surface area contributed by atoms with E-state index in [1.165, 1.54) is 6.92 Å². The smallest absolute Gasteiger partial charge is 0.303 e. The summed E-state index contributed by atoms with van der Waals surface area (Å²) in [6.07, 6.45) is -9.03. The second kappa shape index (κ2) is 31.4. The van der Waals surface area contributed by atoms with Gasteiger partial charge < -0.3 is 52.1 Å². The Morgan fingerprint density at radius 3 is 1.16 bits per heavy atom. The molecule has 4 unspecified atom stereocenters. The molecule has 2 heterocycles. The number of esters is 1. The van der Waals surface area contributed by atoms with Crippen molar-refractivity contribution in [2.24, 2.45) is 0 Å². The van der Waals surface area contributed by atoms with Crippen LogP contribution in [-0.2, 0) is 96.5 Å². The van der Waals surface area contributed by atoms with Crippen LogP contribution in [0, 0.1) is 5.41 Å². The van der Waals surface area contributed by atoms with Crippen molar-refractivity contribution in [1.82, 2.24) is 0 Å². The largest absolute Gasteiger partial charge is 0.454 e. The quantitative estimate of drug-likeness (QED) is 0.0182. The van der Waals surface area contributed by atoms with Crippen molar-refractivity contribution in [3.8, 4) is 0 Å². The lowest BCUT2D eigenvalue weighted by Crippen LogP contribution is -2.66. The lowest BCUT2D eigenvalue weighted by Gasteiger charge is -2.49. The molecule has 2 aliphatic rings. The van der Waals surface area contributed by atoms with Gasteiger partial charge in [-0.2, -0.15) is 0 Å². The predicted molar refractivity (Wildman–Crippen MR) is 317 cm³/mol. The minimum absolute atomic E-state index is 0.0295. The Morgan fingerprint density at radius 1 is 0.455 bits per heavy atom. The molecule has 2 aliphatic heterocycles. The van der Waals surface area contributed by atoms with Crippen molar-refractivity contribution in [3.05, 3.63) is 233 Å². The van der Waals surface area contributed by atoms with Gasteiger partial charge in [0.25, 0.3) is 0 Å². The molecule has 13 nitrogen and oxygen atoms in total. The lowest BCUT2D eigenvalue weighted by molar-refractivity contribution is -0.373. The standard InChI is InChI=1S/C61H62I3NO12/c1-42(66)73-58-56(71-38-47-28-16-6-17-29-47)54(69-36-45-24-12-4-13-25-45)52(41-68-35-44-22-10-3-11-23-44)75-61(58)77-59-57(72-39-48-30-18-7-19-31-48)55(70-37-46-26-14-5-15-27-46)51(40-67-34-43-20-8-2-9-21-43)74-60(59)76-53(65)32-49(63)50(64)33-62/h2-33,51-52,54-61,65H,34-41H2,1H3/t51?,52?,54-,55+,56-,57-,58?,59?,60-,61-/m1/s1. The van der Waals surface area contributed by atoms with Crippen LogP contribution in [0.5, 0.6) is 0 Å². The lowest BCUT2D eigenvalue weighted by atomic mass is 9.96. The first-order chi connectivity index (χ1) is 37.7. The molecule has 0 amide bonds. The van der Waals surface area contributed by atoms with Crippen LogP contribution in [0.1, 0.15) is 40.3 Å². The van der Waals surface area contributed by atoms with E-state index in [1.54, 1.807) is 6.08 Å². The molecule has 0 saturated carbocycles. The van der Waals surface area contributed by atoms with Crippen LogP contribution in [0.2, 0.25) is 0 Å². The molecule has 16 heteroatoms. The average Bonchev–Trinajstić information content (AvgIpc) is 3.48. The topological polar surface area (TPSA) is 142 Å². The fourth-order valence-corrected chi connectivity index (χ4v) is 10.4. The number of ether oxygens (including phenoxy) is 11. The molecule has 0 bridgehead atoms. The molecule has 0 spiro atoms. The monoisotopic (exact) mass is 1380 g/mol. The van der Waals surface area contributed by atoms with Crippen molar-refractivity contribution in [3.63, 3.8) is 0 Å². The second-order valence-electron chi connectivity index (χ2n) is 18.2. The van der Waals surface area contributed by atoms with Crippen LogP contribution >= 0.6 is 67.8 Å². The molecular weight excluding hydrogens is 1320 g/mol. The van der Waals surface area contributed by atoms with E-state index < -0.39 is 67.4 Å². The maximum absolute atomic E-state index is 13.5. The Bertz CT molecular complexity index is 2750. The van der Waals surface area contributed by atoms with E-state index in [4.69, 9.17) is 52.1 Å². The Balaban J connectivity index is 1.22. The second-order valence-corrected chi connectivity index (χ2v) is 21.2. The fraction of sp³-hybridized carbons (Fsp3) is 0.311. The number of hydrogen-bond donors (Lipinski definition) is 1. The first-order valence-corrected chi connectivity index (χ1v) is 28.7. The maximum atomic E-state index is 13.5. The third-order valence-electron chi connectivity index (χ3n) is 12.5. The van der Waals surface area contributed by atoms with E-state index in [9.17, 15) is 10.2 Å². The van der Waals surface area contributed by atoms with Crippen molar-refractivity contribution in [1.29, 1.82) is 5.41 Å². The summed E-state index contributed by atoms with van der Waals surface area (Å²) >= 11 is 6.55. The summed E-state index contributed by atoms with van der Waals surface area (Å²) in [5, 5.41) is 9.29. The summed E-state index contributed by atoms with van der Waals surface area (Å²) in [6.45, 7) is 2.59. The zero-order valence-electron chi connectivity index (χ0n) is 42.4. The third kappa shape index (κ3) is 18.3. The molecule has 1 N–H and O–H groups in total. The average molecular weight is 1380 g/mol. The number of hydrogen-bond acceptors (Lipinski definition) is 13. The first kappa shape index (κ1) is 58.7. The Hall–Kier alpha value is -4.43. The van der Waals surface area contributed by atoms with Gasteiger partial charge in [0.2, 0.25) is 12.2 Å². The van der Waals surface area contributed by atoms with Gasteiger partial charge in [0.15, 0.2) is 18.5 Å². The summed E-state index contributed by atoms with van der Waals surface area (Å²) in [5.41, 5.74) is 5.53. The molecule has 404 valence electrons. The number of halogens is 3. The number of rotatable bonds is 26. The SMILES string of the molecule is CC(=O)OC1[C@@H](OC2[C@@H](OC(=N)C=C(I)C(I)=CI)OC(COCc3ccccc3)[C@H](OCc3ccccc3)[C@H]2OCc2ccccc2)OC(COCc2ccccc2)[C@@H](OCc2ccccc2)[C@H]1OCc1ccccc1. The summed E-state index contributed by atoms with van der Waals surface area (Å²) in [4.78, 5) is 13.5. The molecule has 6 aromatic carbocycles. The molecule has 6 aromatic rings. The van der Waals surface area contributed by atoms with Gasteiger partial charge in [-0.25, -0.2) is 0 Å².